The van der Waals surface area contributed by atoms with Crippen molar-refractivity contribution in [2.45, 2.75) is 14.1 Å². The third kappa shape index (κ3) is 2.83. The summed E-state index contributed by atoms with van der Waals surface area (Å²) in [5, 5.41) is 11.8. The lowest BCUT2D eigenvalue weighted by molar-refractivity contribution is -0.146. The zero-order valence-corrected chi connectivity index (χ0v) is 19.3. The van der Waals surface area contributed by atoms with Crippen LogP contribution in [0.5, 0.6) is 11.5 Å². The van der Waals surface area contributed by atoms with Crippen molar-refractivity contribution >= 4 is 87.2 Å². The van der Waals surface area contributed by atoms with Gasteiger partial charge in [0, 0.05) is 6.07 Å². The average Bonchev–Trinajstić information content (AvgIpc) is 2.87. The number of amides is 1. The van der Waals surface area contributed by atoms with Crippen LogP contribution in [0.2, 0.25) is 0 Å². The predicted molar refractivity (Wildman–Crippen MR) is 113 cm³/mol. The van der Waals surface area contributed by atoms with Gasteiger partial charge in [-0.2, -0.15) is 0 Å². The fourth-order valence-electron chi connectivity index (χ4n) is 3.75. The van der Waals surface area contributed by atoms with Gasteiger partial charge in [0.05, 0.1) is 41.8 Å². The number of benzene rings is 1. The summed E-state index contributed by atoms with van der Waals surface area (Å²) >= 11 is 38.3. The Kier molecular flexibility index (Phi) is 5.87. The standard InChI is InChI=1S/C17H13Cl6NO5/c1-28-6-3-4-8(29-2)7(5-6)24-13(25)9-10(14(26)27)16(21)12(19)11(18)15(9,20)17(16,22)23/h3-5,9-10H,1-2H3,(H,24,25)(H,26,27)/t9-,10-,15+,16+/m0/s1. The third-order valence-corrected chi connectivity index (χ3v) is 9.41. The number of aliphatic carboxylic acids is 1. The van der Waals surface area contributed by atoms with Crippen molar-refractivity contribution in [3.05, 3.63) is 28.3 Å². The van der Waals surface area contributed by atoms with Crippen LogP contribution in [0.1, 0.15) is 0 Å². The number of allylic oxidation sites excluding steroid dienone is 2. The number of halogens is 6. The van der Waals surface area contributed by atoms with E-state index in [4.69, 9.17) is 79.1 Å². The van der Waals surface area contributed by atoms with Gasteiger partial charge in [-0.15, -0.1) is 23.2 Å². The van der Waals surface area contributed by atoms with E-state index in [1.165, 1.54) is 20.3 Å². The highest BCUT2D eigenvalue weighted by atomic mass is 35.5. The summed E-state index contributed by atoms with van der Waals surface area (Å²) in [5.74, 6) is -4.81. The molecule has 2 aliphatic carbocycles. The minimum atomic E-state index is -2.18. The number of ether oxygens (including phenoxy) is 2. The number of alkyl halides is 4. The number of hydrogen-bond donors (Lipinski definition) is 2. The molecule has 6 nitrogen and oxygen atoms in total. The molecule has 4 atom stereocenters. The van der Waals surface area contributed by atoms with E-state index in [1.54, 1.807) is 12.1 Å². The zero-order valence-electron chi connectivity index (χ0n) is 14.7. The minimum absolute atomic E-state index is 0.202. The molecule has 1 fully saturated rings. The van der Waals surface area contributed by atoms with Crippen LogP contribution in [0.4, 0.5) is 5.69 Å². The molecule has 2 N–H and O–H groups in total. The van der Waals surface area contributed by atoms with Gasteiger partial charge in [0.1, 0.15) is 21.2 Å². The molecule has 0 spiro atoms. The van der Waals surface area contributed by atoms with Gasteiger partial charge in [-0.25, -0.2) is 0 Å². The van der Waals surface area contributed by atoms with Crippen LogP contribution in [0.3, 0.4) is 0 Å². The molecule has 0 saturated heterocycles. The number of carboxylic acid groups (broad SMARTS) is 1. The quantitative estimate of drug-likeness (QED) is 0.541. The summed E-state index contributed by atoms with van der Waals surface area (Å²) in [4.78, 5) is 21.1. The maximum Gasteiger partial charge on any atom is 0.309 e. The molecule has 0 radical (unpaired) electrons. The first kappa shape index (κ1) is 22.9. The molecule has 0 aliphatic heterocycles. The maximum absolute atomic E-state index is 13.2. The lowest BCUT2D eigenvalue weighted by atomic mass is 9.81. The molecule has 2 aliphatic rings. The molecule has 1 aromatic rings. The highest BCUT2D eigenvalue weighted by Gasteiger charge is 2.85. The van der Waals surface area contributed by atoms with Gasteiger partial charge in [-0.05, 0) is 12.1 Å². The van der Waals surface area contributed by atoms with Crippen LogP contribution in [0.15, 0.2) is 28.3 Å². The number of carbonyl (C=O) groups excluding carboxylic acids is 1. The fraction of sp³-hybridized carbons (Fsp3) is 0.412. The molecule has 3 rings (SSSR count). The topological polar surface area (TPSA) is 84.9 Å². The number of anilines is 1. The Morgan fingerprint density at radius 2 is 1.55 bits per heavy atom. The van der Waals surface area contributed by atoms with Crippen molar-refractivity contribution < 1.29 is 24.2 Å². The summed E-state index contributed by atoms with van der Waals surface area (Å²) in [6.45, 7) is 0. The van der Waals surface area contributed by atoms with Crippen LogP contribution in [-0.2, 0) is 9.59 Å². The van der Waals surface area contributed by atoms with Crippen LogP contribution < -0.4 is 14.8 Å². The Labute approximate surface area is 195 Å². The normalized spacial score (nSPS) is 32.3. The second-order valence-electron chi connectivity index (χ2n) is 6.47. The number of rotatable bonds is 5. The molecule has 29 heavy (non-hydrogen) atoms. The van der Waals surface area contributed by atoms with E-state index in [2.05, 4.69) is 5.32 Å². The summed E-state index contributed by atoms with van der Waals surface area (Å²) < 4.78 is 8.17. The minimum Gasteiger partial charge on any atom is -0.497 e. The average molecular weight is 524 g/mol. The van der Waals surface area contributed by atoms with E-state index in [-0.39, 0.29) is 15.8 Å². The van der Waals surface area contributed by atoms with E-state index in [0.29, 0.717) is 11.5 Å². The Balaban J connectivity index is 2.11. The molecular weight excluding hydrogens is 511 g/mol. The lowest BCUT2D eigenvalue weighted by Crippen LogP contribution is -2.47. The van der Waals surface area contributed by atoms with E-state index in [9.17, 15) is 14.7 Å². The SMILES string of the molecule is COc1ccc(OC)c(NC(=O)[C@@H]2[C@@H](C(=O)O)[C@@]3(Cl)C(Cl)=C(Cl)[C@@]2(Cl)C3(Cl)Cl)c1. The smallest absolute Gasteiger partial charge is 0.309 e. The Bertz CT molecular complexity index is 937. The molecule has 12 heteroatoms. The Hall–Kier alpha value is -0.760. The van der Waals surface area contributed by atoms with Crippen molar-refractivity contribution in [3.63, 3.8) is 0 Å². The van der Waals surface area contributed by atoms with Crippen molar-refractivity contribution in [1.29, 1.82) is 0 Å². The third-order valence-electron chi connectivity index (χ3n) is 5.15. The van der Waals surface area contributed by atoms with E-state index in [0.717, 1.165) is 0 Å². The second kappa shape index (κ2) is 7.43. The van der Waals surface area contributed by atoms with Gasteiger partial charge in [0.15, 0.2) is 4.33 Å². The van der Waals surface area contributed by atoms with Gasteiger partial charge in [-0.3, -0.25) is 9.59 Å². The number of carboxylic acids is 1. The molecular formula is C17H13Cl6NO5. The Morgan fingerprint density at radius 3 is 2.03 bits per heavy atom. The predicted octanol–water partition coefficient (Wildman–Crippen LogP) is 4.80. The summed E-state index contributed by atoms with van der Waals surface area (Å²) in [5.41, 5.74) is 0.202. The van der Waals surface area contributed by atoms with Crippen LogP contribution in [-0.4, -0.2) is 45.3 Å². The number of fused-ring (bicyclic) bond motifs is 2. The number of methoxy groups -OCH3 is 2. The molecule has 0 aromatic heterocycles. The Morgan fingerprint density at radius 1 is 1.00 bits per heavy atom. The molecule has 1 amide bonds. The highest BCUT2D eigenvalue weighted by molar-refractivity contribution is 6.66. The highest BCUT2D eigenvalue weighted by Crippen LogP contribution is 2.76. The maximum atomic E-state index is 13.2. The molecule has 2 bridgehead atoms. The fourth-order valence-corrected chi connectivity index (χ4v) is 6.68. The number of nitrogens with one attached hydrogen (secondary N) is 1. The van der Waals surface area contributed by atoms with E-state index in [1.807, 2.05) is 0 Å². The summed E-state index contributed by atoms with van der Waals surface area (Å²) in [6, 6.07) is 4.65. The molecule has 1 saturated carbocycles. The van der Waals surface area contributed by atoms with Gasteiger partial charge < -0.3 is 19.9 Å². The lowest BCUT2D eigenvalue weighted by Gasteiger charge is -2.33. The van der Waals surface area contributed by atoms with Crippen LogP contribution in [0, 0.1) is 11.8 Å². The molecule has 0 unspecified atom stereocenters. The summed E-state index contributed by atoms with van der Waals surface area (Å²) in [7, 11) is 2.84. The molecule has 0 heterocycles. The van der Waals surface area contributed by atoms with Gasteiger partial charge in [-0.1, -0.05) is 46.4 Å². The van der Waals surface area contributed by atoms with E-state index < -0.39 is 37.8 Å². The van der Waals surface area contributed by atoms with E-state index >= 15 is 0 Å². The van der Waals surface area contributed by atoms with Gasteiger partial charge >= 0.3 is 5.97 Å². The van der Waals surface area contributed by atoms with Crippen LogP contribution in [0.25, 0.3) is 0 Å². The molecule has 1 aromatic carbocycles. The van der Waals surface area contributed by atoms with Crippen molar-refractivity contribution in [2.24, 2.45) is 11.8 Å². The zero-order chi connectivity index (χ0) is 21.9. The van der Waals surface area contributed by atoms with Crippen molar-refractivity contribution in [2.75, 3.05) is 19.5 Å². The number of carbonyl (C=O) groups is 2. The van der Waals surface area contributed by atoms with Crippen LogP contribution >= 0.6 is 69.6 Å². The first-order valence-corrected chi connectivity index (χ1v) is 10.2. The second-order valence-corrected chi connectivity index (χ2v) is 9.75. The first-order chi connectivity index (χ1) is 13.4. The van der Waals surface area contributed by atoms with Crippen molar-refractivity contribution in [1.82, 2.24) is 0 Å². The first-order valence-electron chi connectivity index (χ1n) is 7.97. The largest absolute Gasteiger partial charge is 0.497 e. The van der Waals surface area contributed by atoms with Crippen molar-refractivity contribution in [3.8, 4) is 11.5 Å². The van der Waals surface area contributed by atoms with Gasteiger partial charge in [0.25, 0.3) is 0 Å². The number of hydrogen-bond acceptors (Lipinski definition) is 4. The monoisotopic (exact) mass is 521 g/mol. The summed E-state index contributed by atoms with van der Waals surface area (Å²) in [6.07, 6.45) is 0. The van der Waals surface area contributed by atoms with Gasteiger partial charge in [0.2, 0.25) is 5.91 Å². The molecule has 158 valence electrons.